The molecule has 8 heteroatoms. The van der Waals surface area contributed by atoms with Gasteiger partial charge in [-0.3, -0.25) is 4.79 Å². The van der Waals surface area contributed by atoms with Crippen LogP contribution in [0.25, 0.3) is 0 Å². The second-order valence-electron chi connectivity index (χ2n) is 5.62. The summed E-state index contributed by atoms with van der Waals surface area (Å²) in [5.41, 5.74) is 0.773. The Morgan fingerprint density at radius 1 is 1.07 bits per heavy atom. The molecule has 0 radical (unpaired) electrons. The van der Waals surface area contributed by atoms with Crippen LogP contribution >= 0.6 is 11.8 Å². The summed E-state index contributed by atoms with van der Waals surface area (Å²) in [5.74, 6) is 2.32. The van der Waals surface area contributed by atoms with Crippen LogP contribution in [0.5, 0.6) is 11.5 Å². The Bertz CT molecular complexity index is 882. The summed E-state index contributed by atoms with van der Waals surface area (Å²) in [6, 6.07) is 16.7. The van der Waals surface area contributed by atoms with E-state index in [2.05, 4.69) is 15.5 Å². The molecule has 0 unspecified atom stereocenters. The highest BCUT2D eigenvalue weighted by Gasteiger charge is 2.12. The van der Waals surface area contributed by atoms with Gasteiger partial charge in [0.1, 0.15) is 18.1 Å². The van der Waals surface area contributed by atoms with Crippen molar-refractivity contribution in [3.63, 3.8) is 0 Å². The van der Waals surface area contributed by atoms with E-state index >= 15 is 0 Å². The molecule has 0 aliphatic rings. The van der Waals surface area contributed by atoms with Crippen molar-refractivity contribution < 1.29 is 14.3 Å². The Morgan fingerprint density at radius 3 is 2.48 bits per heavy atom. The van der Waals surface area contributed by atoms with E-state index in [-0.39, 0.29) is 18.3 Å². The molecule has 1 amide bonds. The molecule has 140 valence electrons. The lowest BCUT2D eigenvalue weighted by atomic mass is 10.3. The Kier molecular flexibility index (Phi) is 6.32. The SMILES string of the molecule is COc1ccc(OCc2nnc(SCC(=O)Nc3ccccc3)n2C)cc1. The predicted octanol–water partition coefficient (Wildman–Crippen LogP) is 3.13. The minimum absolute atomic E-state index is 0.0924. The molecule has 0 spiro atoms. The van der Waals surface area contributed by atoms with Gasteiger partial charge in [-0.1, -0.05) is 30.0 Å². The van der Waals surface area contributed by atoms with Gasteiger partial charge in [-0.05, 0) is 36.4 Å². The Labute approximate surface area is 161 Å². The highest BCUT2D eigenvalue weighted by atomic mass is 32.2. The number of hydrogen-bond acceptors (Lipinski definition) is 6. The topological polar surface area (TPSA) is 78.3 Å². The van der Waals surface area contributed by atoms with Crippen molar-refractivity contribution in [1.82, 2.24) is 14.8 Å². The maximum Gasteiger partial charge on any atom is 0.234 e. The maximum atomic E-state index is 12.0. The summed E-state index contributed by atoms with van der Waals surface area (Å²) >= 11 is 1.33. The van der Waals surface area contributed by atoms with Gasteiger partial charge >= 0.3 is 0 Å². The van der Waals surface area contributed by atoms with Crippen LogP contribution in [-0.2, 0) is 18.4 Å². The van der Waals surface area contributed by atoms with Gasteiger partial charge < -0.3 is 19.4 Å². The molecule has 1 aromatic heterocycles. The standard InChI is InChI=1S/C19H20N4O3S/c1-23-17(12-26-16-10-8-15(25-2)9-11-16)21-22-19(23)27-13-18(24)20-14-6-4-3-5-7-14/h3-11H,12-13H2,1-2H3,(H,20,24). The van der Waals surface area contributed by atoms with Crippen molar-refractivity contribution in [2.75, 3.05) is 18.2 Å². The zero-order valence-electron chi connectivity index (χ0n) is 15.1. The number of benzene rings is 2. The Hall–Kier alpha value is -3.00. The number of carbonyl (C=O) groups is 1. The summed E-state index contributed by atoms with van der Waals surface area (Å²) in [7, 11) is 3.47. The number of para-hydroxylation sites is 1. The molecule has 0 aliphatic carbocycles. The number of hydrogen-bond donors (Lipinski definition) is 1. The molecule has 27 heavy (non-hydrogen) atoms. The molecule has 0 saturated heterocycles. The third kappa shape index (κ3) is 5.24. The zero-order valence-corrected chi connectivity index (χ0v) is 15.9. The van der Waals surface area contributed by atoms with Crippen molar-refractivity contribution in [2.45, 2.75) is 11.8 Å². The molecule has 0 aliphatic heterocycles. The monoisotopic (exact) mass is 384 g/mol. The molecule has 0 atom stereocenters. The van der Waals surface area contributed by atoms with E-state index in [0.717, 1.165) is 17.2 Å². The van der Waals surface area contributed by atoms with E-state index in [0.29, 0.717) is 11.0 Å². The predicted molar refractivity (Wildman–Crippen MR) is 104 cm³/mol. The first-order valence-electron chi connectivity index (χ1n) is 8.28. The van der Waals surface area contributed by atoms with Crippen LogP contribution in [0.2, 0.25) is 0 Å². The van der Waals surface area contributed by atoms with Gasteiger partial charge in [0.25, 0.3) is 0 Å². The number of rotatable bonds is 8. The number of aromatic nitrogens is 3. The number of ether oxygens (including phenoxy) is 2. The van der Waals surface area contributed by atoms with E-state index in [9.17, 15) is 4.79 Å². The van der Waals surface area contributed by atoms with Gasteiger partial charge in [-0.15, -0.1) is 10.2 Å². The van der Waals surface area contributed by atoms with Crippen LogP contribution in [0, 0.1) is 0 Å². The quantitative estimate of drug-likeness (QED) is 0.601. The van der Waals surface area contributed by atoms with Crippen molar-refractivity contribution >= 4 is 23.4 Å². The van der Waals surface area contributed by atoms with Crippen LogP contribution in [0.3, 0.4) is 0 Å². The van der Waals surface area contributed by atoms with Crippen LogP contribution in [0.4, 0.5) is 5.69 Å². The summed E-state index contributed by atoms with van der Waals surface area (Å²) in [5, 5.41) is 11.8. The minimum atomic E-state index is -0.0924. The lowest BCUT2D eigenvalue weighted by Crippen LogP contribution is -2.14. The maximum absolute atomic E-state index is 12.0. The summed E-state index contributed by atoms with van der Waals surface area (Å²) in [6.07, 6.45) is 0. The fourth-order valence-electron chi connectivity index (χ4n) is 2.26. The fourth-order valence-corrected chi connectivity index (χ4v) is 2.99. The highest BCUT2D eigenvalue weighted by molar-refractivity contribution is 7.99. The molecule has 7 nitrogen and oxygen atoms in total. The third-order valence-corrected chi connectivity index (χ3v) is 4.76. The van der Waals surface area contributed by atoms with Gasteiger partial charge in [0, 0.05) is 12.7 Å². The van der Waals surface area contributed by atoms with Crippen molar-refractivity contribution in [3.05, 3.63) is 60.4 Å². The first-order valence-corrected chi connectivity index (χ1v) is 9.27. The van der Waals surface area contributed by atoms with Gasteiger partial charge in [-0.25, -0.2) is 0 Å². The average molecular weight is 384 g/mol. The first-order chi connectivity index (χ1) is 13.2. The smallest absolute Gasteiger partial charge is 0.234 e. The van der Waals surface area contributed by atoms with Gasteiger partial charge in [0.2, 0.25) is 5.91 Å². The van der Waals surface area contributed by atoms with Gasteiger partial charge in [0.15, 0.2) is 11.0 Å². The van der Waals surface area contributed by atoms with E-state index in [1.54, 1.807) is 7.11 Å². The van der Waals surface area contributed by atoms with Gasteiger partial charge in [-0.2, -0.15) is 0 Å². The fraction of sp³-hybridized carbons (Fsp3) is 0.211. The number of nitrogens with zero attached hydrogens (tertiary/aromatic N) is 3. The average Bonchev–Trinajstić information content (AvgIpc) is 3.05. The van der Waals surface area contributed by atoms with E-state index in [4.69, 9.17) is 9.47 Å². The number of nitrogens with one attached hydrogen (secondary N) is 1. The molecule has 3 rings (SSSR count). The van der Waals surface area contributed by atoms with Crippen LogP contribution in [0.15, 0.2) is 59.8 Å². The molecular weight excluding hydrogens is 364 g/mol. The first kappa shape index (κ1) is 18.8. The van der Waals surface area contributed by atoms with E-state index in [1.807, 2.05) is 66.2 Å². The number of amides is 1. The molecule has 0 fully saturated rings. The van der Waals surface area contributed by atoms with Crippen molar-refractivity contribution in [3.8, 4) is 11.5 Å². The van der Waals surface area contributed by atoms with Crippen molar-refractivity contribution in [1.29, 1.82) is 0 Å². The molecule has 0 bridgehead atoms. The second-order valence-corrected chi connectivity index (χ2v) is 6.57. The lowest BCUT2D eigenvalue weighted by molar-refractivity contribution is -0.113. The number of carbonyl (C=O) groups excluding carboxylic acids is 1. The summed E-state index contributed by atoms with van der Waals surface area (Å²) < 4.78 is 12.7. The number of thioether (sulfide) groups is 1. The largest absolute Gasteiger partial charge is 0.497 e. The molecule has 2 aromatic carbocycles. The highest BCUT2D eigenvalue weighted by Crippen LogP contribution is 2.20. The van der Waals surface area contributed by atoms with Crippen LogP contribution in [-0.4, -0.2) is 33.5 Å². The second kappa shape index (κ2) is 9.09. The van der Waals surface area contributed by atoms with Crippen molar-refractivity contribution in [2.24, 2.45) is 7.05 Å². The number of methoxy groups -OCH3 is 1. The molecule has 3 aromatic rings. The van der Waals surface area contributed by atoms with E-state index < -0.39 is 0 Å². The number of anilines is 1. The summed E-state index contributed by atoms with van der Waals surface area (Å²) in [6.45, 7) is 0.284. The zero-order chi connectivity index (χ0) is 19.1. The third-order valence-electron chi connectivity index (χ3n) is 3.74. The van der Waals surface area contributed by atoms with Gasteiger partial charge in [0.05, 0.1) is 12.9 Å². The summed E-state index contributed by atoms with van der Waals surface area (Å²) in [4.78, 5) is 12.0. The molecular formula is C19H20N4O3S. The van der Waals surface area contributed by atoms with Crippen LogP contribution in [0.1, 0.15) is 5.82 Å². The lowest BCUT2D eigenvalue weighted by Gasteiger charge is -2.07. The molecule has 1 N–H and O–H groups in total. The van der Waals surface area contributed by atoms with Crippen LogP contribution < -0.4 is 14.8 Å². The molecule has 0 saturated carbocycles. The Morgan fingerprint density at radius 2 is 1.78 bits per heavy atom. The molecule has 1 heterocycles. The minimum Gasteiger partial charge on any atom is -0.497 e. The Balaban J connectivity index is 1.51. The van der Waals surface area contributed by atoms with E-state index in [1.165, 1.54) is 11.8 Å². The normalized spacial score (nSPS) is 10.4.